The molecule has 0 aliphatic rings. The molecule has 5 heteroatoms. The summed E-state index contributed by atoms with van der Waals surface area (Å²) in [6, 6.07) is 10.5. The molecule has 2 amide bonds. The van der Waals surface area contributed by atoms with E-state index in [0.29, 0.717) is 24.2 Å². The average molecular weight is 325 g/mol. The molecule has 0 spiro atoms. The zero-order chi connectivity index (χ0) is 17.2. The maximum atomic E-state index is 12.2. The lowest BCUT2D eigenvalue weighted by atomic mass is 10.1. The maximum Gasteiger partial charge on any atom is 0.251 e. The molecule has 1 aromatic heterocycles. The lowest BCUT2D eigenvalue weighted by molar-refractivity contribution is 0.0950. The second kappa shape index (κ2) is 9.45. The summed E-state index contributed by atoms with van der Waals surface area (Å²) in [5.41, 5.74) is 1.90. The van der Waals surface area contributed by atoms with Crippen molar-refractivity contribution in [1.29, 1.82) is 0 Å². The fraction of sp³-hybridized carbons (Fsp3) is 0.316. The van der Waals surface area contributed by atoms with E-state index in [1.54, 1.807) is 36.7 Å². The summed E-state index contributed by atoms with van der Waals surface area (Å²) in [6.07, 6.45) is 6.57. The predicted molar refractivity (Wildman–Crippen MR) is 93.7 cm³/mol. The van der Waals surface area contributed by atoms with Gasteiger partial charge in [-0.05, 0) is 36.2 Å². The third-order valence-electron chi connectivity index (χ3n) is 3.63. The minimum atomic E-state index is -0.209. The second-order valence-corrected chi connectivity index (χ2v) is 5.59. The van der Waals surface area contributed by atoms with Crippen LogP contribution in [0.5, 0.6) is 0 Å². The van der Waals surface area contributed by atoms with Gasteiger partial charge in [-0.2, -0.15) is 0 Å². The van der Waals surface area contributed by atoms with E-state index in [0.717, 1.165) is 24.8 Å². The molecule has 0 saturated heterocycles. The van der Waals surface area contributed by atoms with Gasteiger partial charge in [0.25, 0.3) is 11.8 Å². The highest BCUT2D eigenvalue weighted by Gasteiger charge is 2.10. The zero-order valence-corrected chi connectivity index (χ0v) is 13.9. The molecule has 0 fully saturated rings. The van der Waals surface area contributed by atoms with Crippen LogP contribution in [0.25, 0.3) is 0 Å². The summed E-state index contributed by atoms with van der Waals surface area (Å²) in [5.74, 6) is -0.354. The number of amides is 2. The summed E-state index contributed by atoms with van der Waals surface area (Å²) in [6.45, 7) is 3.18. The molecule has 0 aliphatic carbocycles. The monoisotopic (exact) mass is 325 g/mol. The molecule has 1 aromatic carbocycles. The smallest absolute Gasteiger partial charge is 0.251 e. The number of aromatic nitrogens is 1. The van der Waals surface area contributed by atoms with Crippen molar-refractivity contribution >= 4 is 11.8 Å². The second-order valence-electron chi connectivity index (χ2n) is 5.59. The summed E-state index contributed by atoms with van der Waals surface area (Å²) in [4.78, 5) is 28.3. The Kier molecular flexibility index (Phi) is 6.95. The number of nitrogens with zero attached hydrogens (tertiary/aromatic N) is 1. The maximum absolute atomic E-state index is 12.2. The van der Waals surface area contributed by atoms with Gasteiger partial charge in [0.1, 0.15) is 0 Å². The van der Waals surface area contributed by atoms with E-state index < -0.39 is 0 Å². The van der Waals surface area contributed by atoms with Gasteiger partial charge in [-0.15, -0.1) is 0 Å². The van der Waals surface area contributed by atoms with Crippen molar-refractivity contribution in [3.05, 3.63) is 65.5 Å². The first-order valence-corrected chi connectivity index (χ1v) is 8.26. The van der Waals surface area contributed by atoms with Crippen molar-refractivity contribution in [3.63, 3.8) is 0 Å². The Morgan fingerprint density at radius 2 is 1.75 bits per heavy atom. The first-order chi connectivity index (χ1) is 11.7. The Hall–Kier alpha value is -2.69. The molecule has 2 rings (SSSR count). The summed E-state index contributed by atoms with van der Waals surface area (Å²) < 4.78 is 0. The predicted octanol–water partition coefficient (Wildman–Crippen LogP) is 2.93. The van der Waals surface area contributed by atoms with Gasteiger partial charge in [-0.1, -0.05) is 31.9 Å². The van der Waals surface area contributed by atoms with Crippen LogP contribution in [0.4, 0.5) is 0 Å². The van der Waals surface area contributed by atoms with Crippen molar-refractivity contribution < 1.29 is 9.59 Å². The highest BCUT2D eigenvalue weighted by Crippen LogP contribution is 2.06. The summed E-state index contributed by atoms with van der Waals surface area (Å²) >= 11 is 0. The van der Waals surface area contributed by atoms with Crippen LogP contribution < -0.4 is 10.6 Å². The molecule has 0 unspecified atom stereocenters. The molecule has 0 saturated carbocycles. The Morgan fingerprint density at radius 3 is 2.42 bits per heavy atom. The van der Waals surface area contributed by atoms with Crippen molar-refractivity contribution in [3.8, 4) is 0 Å². The van der Waals surface area contributed by atoms with Crippen LogP contribution in [0.1, 0.15) is 52.5 Å². The number of pyridine rings is 1. The molecule has 0 aliphatic heterocycles. The van der Waals surface area contributed by atoms with Crippen molar-refractivity contribution in [2.45, 2.75) is 32.7 Å². The number of carbonyl (C=O) groups is 2. The lowest BCUT2D eigenvalue weighted by Crippen LogP contribution is -2.26. The third kappa shape index (κ3) is 5.50. The molecule has 0 radical (unpaired) electrons. The van der Waals surface area contributed by atoms with E-state index in [9.17, 15) is 9.59 Å². The van der Waals surface area contributed by atoms with Crippen molar-refractivity contribution in [2.75, 3.05) is 6.54 Å². The van der Waals surface area contributed by atoms with E-state index in [1.807, 2.05) is 12.1 Å². The number of benzene rings is 1. The van der Waals surface area contributed by atoms with Crippen LogP contribution in [-0.4, -0.2) is 23.3 Å². The largest absolute Gasteiger partial charge is 0.352 e. The standard InChI is InChI=1S/C19H23N3O2/c1-2-3-4-11-21-18(23)16-8-5-9-17(12-16)19(24)22-14-15-7-6-10-20-13-15/h5-10,12-13H,2-4,11,14H2,1H3,(H,21,23)(H,22,24). The first kappa shape index (κ1) is 17.7. The third-order valence-corrected chi connectivity index (χ3v) is 3.63. The summed E-state index contributed by atoms with van der Waals surface area (Å²) in [5, 5.41) is 5.71. The van der Waals surface area contributed by atoms with Crippen LogP contribution in [0.15, 0.2) is 48.8 Å². The average Bonchev–Trinajstić information content (AvgIpc) is 2.64. The van der Waals surface area contributed by atoms with Crippen molar-refractivity contribution in [2.24, 2.45) is 0 Å². The highest BCUT2D eigenvalue weighted by atomic mass is 16.2. The molecule has 5 nitrogen and oxygen atoms in total. The van der Waals surface area contributed by atoms with Gasteiger partial charge in [-0.3, -0.25) is 14.6 Å². The van der Waals surface area contributed by atoms with Crippen LogP contribution in [0, 0.1) is 0 Å². The normalized spacial score (nSPS) is 10.2. The van der Waals surface area contributed by atoms with E-state index in [4.69, 9.17) is 0 Å². The van der Waals surface area contributed by atoms with Gasteiger partial charge in [0, 0.05) is 36.6 Å². The molecular formula is C19H23N3O2. The van der Waals surface area contributed by atoms with Gasteiger partial charge >= 0.3 is 0 Å². The Morgan fingerprint density at radius 1 is 1.00 bits per heavy atom. The molecule has 24 heavy (non-hydrogen) atoms. The Balaban J connectivity index is 1.91. The number of unbranched alkanes of at least 4 members (excludes halogenated alkanes) is 2. The topological polar surface area (TPSA) is 71.1 Å². The molecule has 0 bridgehead atoms. The molecule has 126 valence electrons. The molecular weight excluding hydrogens is 302 g/mol. The Labute approximate surface area is 142 Å². The zero-order valence-electron chi connectivity index (χ0n) is 13.9. The van der Waals surface area contributed by atoms with E-state index >= 15 is 0 Å². The minimum Gasteiger partial charge on any atom is -0.352 e. The SMILES string of the molecule is CCCCCNC(=O)c1cccc(C(=O)NCc2cccnc2)c1. The van der Waals surface area contributed by atoms with Crippen LogP contribution in [-0.2, 0) is 6.54 Å². The van der Waals surface area contributed by atoms with E-state index in [2.05, 4.69) is 22.5 Å². The lowest BCUT2D eigenvalue weighted by Gasteiger charge is -2.08. The van der Waals surface area contributed by atoms with E-state index in [-0.39, 0.29) is 11.8 Å². The minimum absolute atomic E-state index is 0.145. The first-order valence-electron chi connectivity index (χ1n) is 8.26. The van der Waals surface area contributed by atoms with Gasteiger partial charge < -0.3 is 10.6 Å². The van der Waals surface area contributed by atoms with Gasteiger partial charge in [-0.25, -0.2) is 0 Å². The van der Waals surface area contributed by atoms with Crippen molar-refractivity contribution in [1.82, 2.24) is 15.6 Å². The van der Waals surface area contributed by atoms with Crippen LogP contribution in [0.2, 0.25) is 0 Å². The van der Waals surface area contributed by atoms with Gasteiger partial charge in [0.2, 0.25) is 0 Å². The molecule has 0 atom stereocenters. The Bertz CT molecular complexity index is 671. The quantitative estimate of drug-likeness (QED) is 0.733. The van der Waals surface area contributed by atoms with Crippen LogP contribution >= 0.6 is 0 Å². The number of carbonyl (C=O) groups excluding carboxylic acids is 2. The number of rotatable bonds is 8. The summed E-state index contributed by atoms with van der Waals surface area (Å²) in [7, 11) is 0. The highest BCUT2D eigenvalue weighted by molar-refractivity contribution is 5.99. The van der Waals surface area contributed by atoms with Crippen LogP contribution in [0.3, 0.4) is 0 Å². The van der Waals surface area contributed by atoms with Gasteiger partial charge in [0.15, 0.2) is 0 Å². The van der Waals surface area contributed by atoms with Gasteiger partial charge in [0.05, 0.1) is 0 Å². The number of nitrogens with one attached hydrogen (secondary N) is 2. The number of hydrogen-bond donors (Lipinski definition) is 2. The van der Waals surface area contributed by atoms with E-state index in [1.165, 1.54) is 0 Å². The molecule has 2 aromatic rings. The fourth-order valence-corrected chi connectivity index (χ4v) is 2.27. The number of hydrogen-bond acceptors (Lipinski definition) is 3. The molecule has 2 N–H and O–H groups in total. The molecule has 1 heterocycles. The fourth-order valence-electron chi connectivity index (χ4n) is 2.27.